The van der Waals surface area contributed by atoms with Crippen molar-refractivity contribution >= 4 is 11.7 Å². The molecular formula is C20H21FN4O2. The highest BCUT2D eigenvalue weighted by molar-refractivity contribution is 5.90. The number of ether oxygens (including phenoxy) is 1. The number of halogens is 1. The van der Waals surface area contributed by atoms with E-state index in [1.165, 1.54) is 12.1 Å². The molecule has 2 N–H and O–H groups in total. The number of aryl methyl sites for hydroxylation is 1. The van der Waals surface area contributed by atoms with Crippen LogP contribution in [-0.4, -0.2) is 22.7 Å². The lowest BCUT2D eigenvalue weighted by molar-refractivity contribution is 0.249. The van der Waals surface area contributed by atoms with Gasteiger partial charge in [0.05, 0.1) is 30.9 Å². The van der Waals surface area contributed by atoms with Crippen molar-refractivity contribution in [2.24, 2.45) is 0 Å². The van der Waals surface area contributed by atoms with E-state index in [0.29, 0.717) is 11.4 Å². The lowest BCUT2D eigenvalue weighted by Crippen LogP contribution is -2.31. The van der Waals surface area contributed by atoms with E-state index in [-0.39, 0.29) is 17.9 Å². The van der Waals surface area contributed by atoms with Crippen molar-refractivity contribution in [1.29, 1.82) is 0 Å². The topological polar surface area (TPSA) is 68.2 Å². The van der Waals surface area contributed by atoms with Gasteiger partial charge in [0, 0.05) is 18.0 Å². The predicted octanol–water partition coefficient (Wildman–Crippen LogP) is 4.21. The molecule has 0 radical (unpaired) electrons. The molecule has 0 unspecified atom stereocenters. The number of rotatable bonds is 5. The Balaban J connectivity index is 1.69. The molecule has 0 aliphatic rings. The highest BCUT2D eigenvalue weighted by Gasteiger charge is 2.12. The van der Waals surface area contributed by atoms with E-state index in [1.54, 1.807) is 37.7 Å². The number of imidazole rings is 1. The first kappa shape index (κ1) is 18.4. The Morgan fingerprint density at radius 2 is 1.96 bits per heavy atom. The molecule has 0 bridgehead atoms. The molecule has 2 amide bonds. The van der Waals surface area contributed by atoms with Crippen molar-refractivity contribution in [3.63, 3.8) is 0 Å². The van der Waals surface area contributed by atoms with Gasteiger partial charge in [-0.2, -0.15) is 0 Å². The van der Waals surface area contributed by atoms with Crippen molar-refractivity contribution in [3.05, 3.63) is 72.1 Å². The van der Waals surface area contributed by atoms with E-state index in [4.69, 9.17) is 4.74 Å². The first-order valence-corrected chi connectivity index (χ1v) is 8.48. The zero-order chi connectivity index (χ0) is 19.4. The van der Waals surface area contributed by atoms with Gasteiger partial charge in [-0.05, 0) is 43.7 Å². The number of hydrogen-bond acceptors (Lipinski definition) is 3. The zero-order valence-electron chi connectivity index (χ0n) is 15.4. The second-order valence-corrected chi connectivity index (χ2v) is 6.18. The van der Waals surface area contributed by atoms with Gasteiger partial charge in [0.1, 0.15) is 11.6 Å². The van der Waals surface area contributed by atoms with Crippen molar-refractivity contribution < 1.29 is 13.9 Å². The summed E-state index contributed by atoms with van der Waals surface area (Å²) in [5.41, 5.74) is 3.13. The number of methoxy groups -OCH3 is 1. The largest absolute Gasteiger partial charge is 0.494 e. The normalized spacial score (nSPS) is 11.7. The van der Waals surface area contributed by atoms with Crippen LogP contribution >= 0.6 is 0 Å². The SMILES string of the molecule is COc1cc(NC(=O)N[C@@H](C)c2ccc(F)cc2)ccc1-n1cnc(C)c1. The number of nitrogens with zero attached hydrogens (tertiary/aromatic N) is 2. The molecule has 27 heavy (non-hydrogen) atoms. The van der Waals surface area contributed by atoms with Crippen LogP contribution in [0.1, 0.15) is 24.2 Å². The van der Waals surface area contributed by atoms with Gasteiger partial charge in [-0.25, -0.2) is 14.2 Å². The molecule has 1 atom stereocenters. The van der Waals surface area contributed by atoms with Gasteiger partial charge in [0.2, 0.25) is 0 Å². The average molecular weight is 368 g/mol. The Bertz CT molecular complexity index is 937. The molecule has 0 saturated heterocycles. The van der Waals surface area contributed by atoms with Crippen molar-refractivity contribution in [2.75, 3.05) is 12.4 Å². The van der Waals surface area contributed by atoms with Gasteiger partial charge in [0.25, 0.3) is 0 Å². The number of carbonyl (C=O) groups is 1. The summed E-state index contributed by atoms with van der Waals surface area (Å²) in [6, 6.07) is 10.8. The zero-order valence-corrected chi connectivity index (χ0v) is 15.4. The van der Waals surface area contributed by atoms with Gasteiger partial charge in [-0.1, -0.05) is 12.1 Å². The molecule has 2 aromatic carbocycles. The van der Waals surface area contributed by atoms with Crippen LogP contribution in [0.4, 0.5) is 14.9 Å². The van der Waals surface area contributed by atoms with Gasteiger partial charge in [-0.15, -0.1) is 0 Å². The molecule has 3 aromatic rings. The average Bonchev–Trinajstić information content (AvgIpc) is 3.08. The van der Waals surface area contributed by atoms with Gasteiger partial charge >= 0.3 is 6.03 Å². The van der Waals surface area contributed by atoms with E-state index in [0.717, 1.165) is 16.9 Å². The smallest absolute Gasteiger partial charge is 0.319 e. The van der Waals surface area contributed by atoms with Gasteiger partial charge in [0.15, 0.2) is 0 Å². The number of nitrogens with one attached hydrogen (secondary N) is 2. The van der Waals surface area contributed by atoms with Crippen LogP contribution in [0.5, 0.6) is 5.75 Å². The molecule has 6 nitrogen and oxygen atoms in total. The first-order chi connectivity index (χ1) is 13.0. The molecule has 1 aromatic heterocycles. The molecule has 0 spiro atoms. The van der Waals surface area contributed by atoms with Gasteiger partial charge < -0.3 is 19.9 Å². The maximum Gasteiger partial charge on any atom is 0.319 e. The van der Waals surface area contributed by atoms with Crippen molar-refractivity contribution in [2.45, 2.75) is 19.9 Å². The lowest BCUT2D eigenvalue weighted by atomic mass is 10.1. The van der Waals surface area contributed by atoms with Gasteiger partial charge in [-0.3, -0.25) is 0 Å². The third kappa shape index (κ3) is 4.44. The van der Waals surface area contributed by atoms with E-state index in [1.807, 2.05) is 30.7 Å². The van der Waals surface area contributed by atoms with E-state index >= 15 is 0 Å². The summed E-state index contributed by atoms with van der Waals surface area (Å²) >= 11 is 0. The van der Waals surface area contributed by atoms with Crippen LogP contribution in [-0.2, 0) is 0 Å². The third-order valence-corrected chi connectivity index (χ3v) is 4.15. The van der Waals surface area contributed by atoms with Crippen LogP contribution in [0, 0.1) is 12.7 Å². The minimum absolute atomic E-state index is 0.263. The maximum atomic E-state index is 13.0. The summed E-state index contributed by atoms with van der Waals surface area (Å²) in [5.74, 6) is 0.299. The fourth-order valence-corrected chi connectivity index (χ4v) is 2.72. The first-order valence-electron chi connectivity index (χ1n) is 8.48. The predicted molar refractivity (Wildman–Crippen MR) is 102 cm³/mol. The number of aromatic nitrogens is 2. The summed E-state index contributed by atoms with van der Waals surface area (Å²) in [7, 11) is 1.57. The van der Waals surface area contributed by atoms with E-state index < -0.39 is 0 Å². The fraction of sp³-hybridized carbons (Fsp3) is 0.200. The number of hydrogen-bond donors (Lipinski definition) is 2. The Labute approximate surface area is 157 Å². The highest BCUT2D eigenvalue weighted by atomic mass is 19.1. The lowest BCUT2D eigenvalue weighted by Gasteiger charge is -2.16. The Hall–Kier alpha value is -3.35. The third-order valence-electron chi connectivity index (χ3n) is 4.15. The maximum absolute atomic E-state index is 13.0. The highest BCUT2D eigenvalue weighted by Crippen LogP contribution is 2.27. The van der Waals surface area contributed by atoms with Crippen molar-refractivity contribution in [3.8, 4) is 11.4 Å². The molecule has 0 aliphatic heterocycles. The number of benzene rings is 2. The van der Waals surface area contributed by atoms with Crippen molar-refractivity contribution in [1.82, 2.24) is 14.9 Å². The Morgan fingerprint density at radius 3 is 2.59 bits per heavy atom. The molecule has 7 heteroatoms. The quantitative estimate of drug-likeness (QED) is 0.709. The van der Waals surface area contributed by atoms with Crippen LogP contribution < -0.4 is 15.4 Å². The summed E-state index contributed by atoms with van der Waals surface area (Å²) in [6.45, 7) is 3.74. The Kier molecular flexibility index (Phi) is 5.40. The molecule has 0 fully saturated rings. The van der Waals surface area contributed by atoms with E-state index in [2.05, 4.69) is 15.6 Å². The second kappa shape index (κ2) is 7.90. The summed E-state index contributed by atoms with van der Waals surface area (Å²) in [6.07, 6.45) is 3.60. The standard InChI is InChI=1S/C20H21FN4O2/c1-13-11-25(12-22-13)18-9-8-17(10-19(18)27-3)24-20(26)23-14(2)15-4-6-16(21)7-5-15/h4-12,14H,1-3H3,(H2,23,24,26)/t14-/m0/s1. The van der Waals surface area contributed by atoms with Crippen LogP contribution in [0.15, 0.2) is 55.0 Å². The van der Waals surface area contributed by atoms with Crippen LogP contribution in [0.25, 0.3) is 5.69 Å². The molecule has 1 heterocycles. The summed E-state index contributed by atoms with van der Waals surface area (Å²) < 4.78 is 20.3. The minimum atomic E-state index is -0.361. The number of urea groups is 1. The Morgan fingerprint density at radius 1 is 1.22 bits per heavy atom. The van der Waals surface area contributed by atoms with Crippen LogP contribution in [0.3, 0.4) is 0 Å². The van der Waals surface area contributed by atoms with Crippen LogP contribution in [0.2, 0.25) is 0 Å². The van der Waals surface area contributed by atoms with E-state index in [9.17, 15) is 9.18 Å². The number of carbonyl (C=O) groups excluding carboxylic acids is 1. The molecule has 0 aliphatic carbocycles. The summed E-state index contributed by atoms with van der Waals surface area (Å²) in [5, 5.41) is 5.61. The molecule has 0 saturated carbocycles. The second-order valence-electron chi connectivity index (χ2n) is 6.18. The minimum Gasteiger partial charge on any atom is -0.494 e. The molecule has 140 valence electrons. The number of anilines is 1. The molecular weight excluding hydrogens is 347 g/mol. The number of amides is 2. The molecule has 3 rings (SSSR count). The summed E-state index contributed by atoms with van der Waals surface area (Å²) in [4.78, 5) is 16.5. The monoisotopic (exact) mass is 368 g/mol. The fourth-order valence-electron chi connectivity index (χ4n) is 2.72.